The lowest BCUT2D eigenvalue weighted by Gasteiger charge is -2.25. The Balaban J connectivity index is 1.47. The summed E-state index contributed by atoms with van der Waals surface area (Å²) in [5, 5.41) is 8.20. The highest BCUT2D eigenvalue weighted by molar-refractivity contribution is 5.58. The van der Waals surface area contributed by atoms with Crippen LogP contribution in [0, 0.1) is 12.7 Å². The molecule has 4 rings (SSSR count). The number of rotatable bonds is 5. The average molecular weight is 340 g/mol. The molecule has 25 heavy (non-hydrogen) atoms. The van der Waals surface area contributed by atoms with Gasteiger partial charge in [-0.15, -0.1) is 5.10 Å². The van der Waals surface area contributed by atoms with E-state index in [9.17, 15) is 4.39 Å². The van der Waals surface area contributed by atoms with Crippen LogP contribution in [0.5, 0.6) is 5.88 Å². The summed E-state index contributed by atoms with van der Waals surface area (Å²) in [6, 6.07) is 10.7. The van der Waals surface area contributed by atoms with Gasteiger partial charge in [0.25, 0.3) is 0 Å². The van der Waals surface area contributed by atoms with Gasteiger partial charge in [0.05, 0.1) is 19.4 Å². The summed E-state index contributed by atoms with van der Waals surface area (Å²) in [5.41, 5.74) is 2.64. The minimum absolute atomic E-state index is 0.120. The second kappa shape index (κ2) is 6.60. The van der Waals surface area contributed by atoms with Crippen LogP contribution in [0.25, 0.3) is 11.3 Å². The Labute approximate surface area is 144 Å². The van der Waals surface area contributed by atoms with E-state index in [1.807, 2.05) is 31.3 Å². The van der Waals surface area contributed by atoms with Crippen molar-refractivity contribution in [3.8, 4) is 17.1 Å². The molecule has 0 spiro atoms. The third kappa shape index (κ3) is 3.36. The van der Waals surface area contributed by atoms with Gasteiger partial charge in [0, 0.05) is 22.9 Å². The number of aryl methyl sites for hydroxylation is 1. The molecule has 1 fully saturated rings. The third-order valence-corrected chi connectivity index (χ3v) is 4.09. The Bertz CT molecular complexity index is 892. The fourth-order valence-electron chi connectivity index (χ4n) is 2.54. The van der Waals surface area contributed by atoms with Crippen molar-refractivity contribution in [3.63, 3.8) is 0 Å². The van der Waals surface area contributed by atoms with E-state index in [1.165, 1.54) is 6.07 Å². The SMILES string of the molecule is Cc1cccc(OCc2ccc(-c3cn(C4COC4)nn3)cc2F)n1. The molecule has 3 heterocycles. The first-order valence-corrected chi connectivity index (χ1v) is 8.04. The molecule has 2 aromatic heterocycles. The number of hydrogen-bond acceptors (Lipinski definition) is 5. The van der Waals surface area contributed by atoms with Crippen LogP contribution in [0.15, 0.2) is 42.6 Å². The number of benzene rings is 1. The molecular weight excluding hydrogens is 323 g/mol. The predicted octanol–water partition coefficient (Wildman–Crippen LogP) is 2.94. The summed E-state index contributed by atoms with van der Waals surface area (Å²) < 4.78 is 26.8. The number of hydrogen-bond donors (Lipinski definition) is 0. The second-order valence-electron chi connectivity index (χ2n) is 5.99. The summed E-state index contributed by atoms with van der Waals surface area (Å²) in [7, 11) is 0. The van der Waals surface area contributed by atoms with Crippen LogP contribution >= 0.6 is 0 Å². The smallest absolute Gasteiger partial charge is 0.213 e. The van der Waals surface area contributed by atoms with Gasteiger partial charge >= 0.3 is 0 Å². The van der Waals surface area contributed by atoms with E-state index < -0.39 is 0 Å². The van der Waals surface area contributed by atoms with Crippen LogP contribution in [0.3, 0.4) is 0 Å². The lowest BCUT2D eigenvalue weighted by Crippen LogP contribution is -2.30. The van der Waals surface area contributed by atoms with E-state index >= 15 is 0 Å². The van der Waals surface area contributed by atoms with Crippen molar-refractivity contribution < 1.29 is 13.9 Å². The first kappa shape index (κ1) is 15.7. The van der Waals surface area contributed by atoms with Gasteiger partial charge in [0.2, 0.25) is 5.88 Å². The molecule has 0 radical (unpaired) electrons. The van der Waals surface area contributed by atoms with Crippen molar-refractivity contribution in [3.05, 3.63) is 59.7 Å². The summed E-state index contributed by atoms with van der Waals surface area (Å²) >= 11 is 0. The third-order valence-electron chi connectivity index (χ3n) is 4.09. The molecule has 0 saturated carbocycles. The fraction of sp³-hybridized carbons (Fsp3) is 0.278. The van der Waals surface area contributed by atoms with Gasteiger partial charge in [-0.05, 0) is 19.1 Å². The van der Waals surface area contributed by atoms with Crippen LogP contribution in [-0.4, -0.2) is 33.2 Å². The topological polar surface area (TPSA) is 62.1 Å². The highest BCUT2D eigenvalue weighted by Crippen LogP contribution is 2.23. The van der Waals surface area contributed by atoms with Crippen molar-refractivity contribution in [1.82, 2.24) is 20.0 Å². The lowest BCUT2D eigenvalue weighted by atomic mass is 10.1. The van der Waals surface area contributed by atoms with Crippen LogP contribution < -0.4 is 4.74 Å². The molecule has 0 unspecified atom stereocenters. The van der Waals surface area contributed by atoms with Gasteiger partial charge < -0.3 is 9.47 Å². The standard InChI is InChI=1S/C18H17FN4O2/c1-12-3-2-4-18(20-12)25-9-14-6-5-13(7-16(14)19)17-8-23(22-21-17)15-10-24-11-15/h2-8,15H,9-11H2,1H3. The zero-order valence-electron chi connectivity index (χ0n) is 13.7. The maximum absolute atomic E-state index is 14.4. The van der Waals surface area contributed by atoms with Gasteiger partial charge in [0.15, 0.2) is 0 Å². The number of aromatic nitrogens is 4. The van der Waals surface area contributed by atoms with Crippen LogP contribution in [-0.2, 0) is 11.3 Å². The van der Waals surface area contributed by atoms with E-state index in [2.05, 4.69) is 15.3 Å². The molecule has 1 aromatic carbocycles. The van der Waals surface area contributed by atoms with E-state index in [1.54, 1.807) is 16.8 Å². The molecule has 0 N–H and O–H groups in total. The van der Waals surface area contributed by atoms with Crippen molar-refractivity contribution in [1.29, 1.82) is 0 Å². The molecule has 0 aliphatic carbocycles. The Morgan fingerprint density at radius 3 is 2.88 bits per heavy atom. The highest BCUT2D eigenvalue weighted by Gasteiger charge is 2.22. The first-order chi connectivity index (χ1) is 12.2. The van der Waals surface area contributed by atoms with Crippen molar-refractivity contribution >= 4 is 0 Å². The zero-order chi connectivity index (χ0) is 17.2. The Morgan fingerprint density at radius 2 is 2.16 bits per heavy atom. The average Bonchev–Trinajstić information content (AvgIpc) is 3.01. The Hall–Kier alpha value is -2.80. The molecule has 1 aliphatic heterocycles. The molecule has 128 valence electrons. The molecule has 0 bridgehead atoms. The Morgan fingerprint density at radius 1 is 1.28 bits per heavy atom. The summed E-state index contributed by atoms with van der Waals surface area (Å²) in [6.45, 7) is 3.28. The van der Waals surface area contributed by atoms with E-state index in [4.69, 9.17) is 9.47 Å². The maximum atomic E-state index is 14.4. The van der Waals surface area contributed by atoms with Crippen LogP contribution in [0.1, 0.15) is 17.3 Å². The molecule has 6 nitrogen and oxygen atoms in total. The Kier molecular flexibility index (Phi) is 4.15. The van der Waals surface area contributed by atoms with Crippen LogP contribution in [0.4, 0.5) is 4.39 Å². The number of pyridine rings is 1. The molecule has 1 saturated heterocycles. The molecular formula is C18H17FN4O2. The van der Waals surface area contributed by atoms with Crippen molar-refractivity contribution in [2.45, 2.75) is 19.6 Å². The van der Waals surface area contributed by atoms with Gasteiger partial charge in [-0.1, -0.05) is 23.4 Å². The number of nitrogens with zero attached hydrogens (tertiary/aromatic N) is 4. The minimum atomic E-state index is -0.341. The summed E-state index contributed by atoms with van der Waals surface area (Å²) in [5.74, 6) is 0.140. The second-order valence-corrected chi connectivity index (χ2v) is 5.99. The molecule has 0 atom stereocenters. The largest absolute Gasteiger partial charge is 0.473 e. The summed E-state index contributed by atoms with van der Waals surface area (Å²) in [4.78, 5) is 4.24. The monoisotopic (exact) mass is 340 g/mol. The van der Waals surface area contributed by atoms with Gasteiger partial charge in [0.1, 0.15) is 24.2 Å². The van der Waals surface area contributed by atoms with Gasteiger partial charge in [-0.25, -0.2) is 14.1 Å². The van der Waals surface area contributed by atoms with E-state index in [0.717, 1.165) is 5.69 Å². The fourth-order valence-corrected chi connectivity index (χ4v) is 2.54. The summed E-state index contributed by atoms with van der Waals surface area (Å²) in [6.07, 6.45) is 1.81. The maximum Gasteiger partial charge on any atom is 0.213 e. The van der Waals surface area contributed by atoms with E-state index in [-0.39, 0.29) is 18.5 Å². The molecule has 1 aliphatic rings. The minimum Gasteiger partial charge on any atom is -0.473 e. The van der Waals surface area contributed by atoms with Crippen molar-refractivity contribution in [2.24, 2.45) is 0 Å². The molecule has 3 aromatic rings. The zero-order valence-corrected chi connectivity index (χ0v) is 13.7. The quantitative estimate of drug-likeness (QED) is 0.715. The van der Waals surface area contributed by atoms with Crippen molar-refractivity contribution in [2.75, 3.05) is 13.2 Å². The normalized spacial score (nSPS) is 14.3. The molecule has 7 heteroatoms. The van der Waals surface area contributed by atoms with Gasteiger partial charge in [-0.3, -0.25) is 0 Å². The lowest BCUT2D eigenvalue weighted by molar-refractivity contribution is -0.0293. The van der Waals surface area contributed by atoms with E-state index in [0.29, 0.717) is 35.9 Å². The molecule has 0 amide bonds. The van der Waals surface area contributed by atoms with Crippen LogP contribution in [0.2, 0.25) is 0 Å². The number of halogens is 1. The number of ether oxygens (including phenoxy) is 2. The van der Waals surface area contributed by atoms with Gasteiger partial charge in [-0.2, -0.15) is 0 Å². The highest BCUT2D eigenvalue weighted by atomic mass is 19.1. The predicted molar refractivity (Wildman–Crippen MR) is 88.6 cm³/mol. The first-order valence-electron chi connectivity index (χ1n) is 8.04.